The monoisotopic (exact) mass is 578 g/mol. The second kappa shape index (κ2) is 10.8. The molecule has 1 aliphatic rings. The second-order valence-electron chi connectivity index (χ2n) is 12.0. The number of hydrogen-bond acceptors (Lipinski definition) is 4. The average Bonchev–Trinajstić information content (AvgIpc) is 3.34. The zero-order valence-corrected chi connectivity index (χ0v) is 25.1. The van der Waals surface area contributed by atoms with Crippen LogP contribution >= 0.6 is 0 Å². The van der Waals surface area contributed by atoms with Crippen molar-refractivity contribution in [1.82, 2.24) is 19.9 Å². The maximum absolute atomic E-state index is 4.95. The molecule has 0 saturated heterocycles. The molecule has 4 heteroatoms. The number of aromatic nitrogens is 4. The van der Waals surface area contributed by atoms with Gasteiger partial charge in [-0.2, -0.15) is 0 Å². The van der Waals surface area contributed by atoms with Crippen molar-refractivity contribution in [2.75, 3.05) is 0 Å². The first-order valence-electron chi connectivity index (χ1n) is 15.2. The lowest BCUT2D eigenvalue weighted by atomic mass is 9.82. The van der Waals surface area contributed by atoms with Crippen molar-refractivity contribution in [3.63, 3.8) is 0 Å². The molecule has 214 valence electrons. The zero-order chi connectivity index (χ0) is 30.4. The van der Waals surface area contributed by atoms with E-state index in [0.717, 1.165) is 27.8 Å². The predicted molar refractivity (Wildman–Crippen MR) is 182 cm³/mol. The van der Waals surface area contributed by atoms with Gasteiger partial charge in [-0.1, -0.05) is 129 Å². The van der Waals surface area contributed by atoms with Crippen LogP contribution in [0.2, 0.25) is 0 Å². The summed E-state index contributed by atoms with van der Waals surface area (Å²) in [5, 5.41) is 0. The van der Waals surface area contributed by atoms with Gasteiger partial charge in [0.25, 0.3) is 0 Å². The molecule has 0 aliphatic heterocycles. The number of nitrogens with zero attached hydrogens (tertiary/aromatic N) is 4. The molecule has 0 fully saturated rings. The molecule has 2 aromatic heterocycles. The number of rotatable bonds is 5. The fourth-order valence-corrected chi connectivity index (χ4v) is 6.41. The minimum absolute atomic E-state index is 0.00144. The molecule has 0 bridgehead atoms. The molecule has 0 N–H and O–H groups in total. The van der Waals surface area contributed by atoms with Gasteiger partial charge in [-0.3, -0.25) is 4.98 Å². The number of pyridine rings is 1. The summed E-state index contributed by atoms with van der Waals surface area (Å²) in [6.45, 7) is 4.62. The van der Waals surface area contributed by atoms with E-state index in [0.29, 0.717) is 17.5 Å². The molecule has 0 radical (unpaired) electrons. The smallest absolute Gasteiger partial charge is 0.165 e. The lowest BCUT2D eigenvalue weighted by Gasteiger charge is -2.21. The Morgan fingerprint density at radius 2 is 0.889 bits per heavy atom. The highest BCUT2D eigenvalue weighted by molar-refractivity contribution is 5.84. The molecule has 4 nitrogen and oxygen atoms in total. The fourth-order valence-electron chi connectivity index (χ4n) is 6.41. The maximum Gasteiger partial charge on any atom is 0.165 e. The standard InChI is InChI=1S/C41H30N4/c1-41(2)36-13-7-6-12-34(36)35-25-32(22-23-37(35)41)29-16-20-31(21-17-29)39-43-38(44-40(45-39)33-11-8-24-42-26-33)30-18-14-28(15-19-30)27-9-4-3-5-10-27/h3-26H,1-2H3. The summed E-state index contributed by atoms with van der Waals surface area (Å²) >= 11 is 0. The van der Waals surface area contributed by atoms with Gasteiger partial charge in [0.05, 0.1) is 0 Å². The molecule has 0 unspecified atom stereocenters. The first-order chi connectivity index (χ1) is 22.0. The van der Waals surface area contributed by atoms with E-state index >= 15 is 0 Å². The summed E-state index contributed by atoms with van der Waals surface area (Å²) in [6, 6.07) is 46.8. The van der Waals surface area contributed by atoms with Gasteiger partial charge in [0.2, 0.25) is 0 Å². The highest BCUT2D eigenvalue weighted by atomic mass is 15.0. The maximum atomic E-state index is 4.95. The third-order valence-electron chi connectivity index (χ3n) is 8.87. The number of hydrogen-bond donors (Lipinski definition) is 0. The van der Waals surface area contributed by atoms with Crippen molar-refractivity contribution in [3.05, 3.63) is 157 Å². The highest BCUT2D eigenvalue weighted by Gasteiger charge is 2.35. The zero-order valence-electron chi connectivity index (χ0n) is 25.1. The molecule has 2 heterocycles. The summed E-state index contributed by atoms with van der Waals surface area (Å²) in [7, 11) is 0. The summed E-state index contributed by atoms with van der Waals surface area (Å²) in [4.78, 5) is 19.0. The van der Waals surface area contributed by atoms with Crippen LogP contribution in [0.15, 0.2) is 146 Å². The van der Waals surface area contributed by atoms with Gasteiger partial charge in [0, 0.05) is 34.5 Å². The van der Waals surface area contributed by atoms with Gasteiger partial charge in [-0.15, -0.1) is 0 Å². The lowest BCUT2D eigenvalue weighted by Crippen LogP contribution is -2.14. The quantitative estimate of drug-likeness (QED) is 0.204. The van der Waals surface area contributed by atoms with E-state index in [9.17, 15) is 0 Å². The summed E-state index contributed by atoms with van der Waals surface area (Å²) < 4.78 is 0. The first kappa shape index (κ1) is 26.9. The van der Waals surface area contributed by atoms with Crippen LogP contribution in [0.4, 0.5) is 0 Å². The Bertz CT molecular complexity index is 2150. The van der Waals surface area contributed by atoms with Crippen LogP contribution in [0, 0.1) is 0 Å². The third-order valence-corrected chi connectivity index (χ3v) is 8.87. The van der Waals surface area contributed by atoms with Gasteiger partial charge in [-0.25, -0.2) is 15.0 Å². The van der Waals surface area contributed by atoms with Crippen molar-refractivity contribution >= 4 is 0 Å². The van der Waals surface area contributed by atoms with E-state index in [-0.39, 0.29) is 5.41 Å². The Morgan fingerprint density at radius 3 is 1.53 bits per heavy atom. The molecule has 45 heavy (non-hydrogen) atoms. The molecule has 0 amide bonds. The Morgan fingerprint density at radius 1 is 0.400 bits per heavy atom. The first-order valence-corrected chi connectivity index (χ1v) is 15.2. The molecular formula is C41H30N4. The van der Waals surface area contributed by atoms with Gasteiger partial charge in [0.1, 0.15) is 0 Å². The normalized spacial score (nSPS) is 12.8. The highest BCUT2D eigenvalue weighted by Crippen LogP contribution is 2.49. The van der Waals surface area contributed by atoms with Gasteiger partial charge >= 0.3 is 0 Å². The summed E-state index contributed by atoms with van der Waals surface area (Å²) in [5.41, 5.74) is 12.8. The minimum Gasteiger partial charge on any atom is -0.264 e. The Balaban J connectivity index is 1.16. The minimum atomic E-state index is -0.00144. The summed E-state index contributed by atoms with van der Waals surface area (Å²) in [6.07, 6.45) is 3.55. The van der Waals surface area contributed by atoms with E-state index in [1.165, 1.54) is 33.4 Å². The molecule has 7 aromatic rings. The number of fused-ring (bicyclic) bond motifs is 3. The average molecular weight is 579 g/mol. The third kappa shape index (κ3) is 4.81. The van der Waals surface area contributed by atoms with E-state index in [1.807, 2.05) is 18.2 Å². The summed E-state index contributed by atoms with van der Waals surface area (Å²) in [5.74, 6) is 1.85. The van der Waals surface area contributed by atoms with Crippen LogP contribution in [0.5, 0.6) is 0 Å². The van der Waals surface area contributed by atoms with Crippen molar-refractivity contribution < 1.29 is 0 Å². The van der Waals surface area contributed by atoms with Gasteiger partial charge < -0.3 is 0 Å². The van der Waals surface area contributed by atoms with Crippen molar-refractivity contribution in [1.29, 1.82) is 0 Å². The topological polar surface area (TPSA) is 51.6 Å². The Kier molecular flexibility index (Phi) is 6.42. The van der Waals surface area contributed by atoms with Crippen molar-refractivity contribution in [2.24, 2.45) is 0 Å². The fraction of sp³-hybridized carbons (Fsp3) is 0.0732. The largest absolute Gasteiger partial charge is 0.264 e. The molecule has 0 spiro atoms. The van der Waals surface area contributed by atoms with Crippen LogP contribution in [-0.4, -0.2) is 19.9 Å². The van der Waals surface area contributed by atoms with Crippen LogP contribution < -0.4 is 0 Å². The molecular weight excluding hydrogens is 548 g/mol. The van der Waals surface area contributed by atoms with Crippen LogP contribution in [0.25, 0.3) is 67.5 Å². The lowest BCUT2D eigenvalue weighted by molar-refractivity contribution is 0.660. The molecule has 5 aromatic carbocycles. The molecule has 1 aliphatic carbocycles. The second-order valence-corrected chi connectivity index (χ2v) is 12.0. The van der Waals surface area contributed by atoms with Crippen molar-refractivity contribution in [2.45, 2.75) is 19.3 Å². The molecule has 0 saturated carbocycles. The SMILES string of the molecule is CC1(C)c2ccccc2-c2cc(-c3ccc(-c4nc(-c5ccc(-c6ccccc6)cc5)nc(-c5cccnc5)n4)cc3)ccc21. The van der Waals surface area contributed by atoms with Crippen molar-refractivity contribution in [3.8, 4) is 67.5 Å². The van der Waals surface area contributed by atoms with E-state index < -0.39 is 0 Å². The number of benzene rings is 5. The molecule has 0 atom stereocenters. The van der Waals surface area contributed by atoms with Crippen LogP contribution in [-0.2, 0) is 5.41 Å². The molecule has 8 rings (SSSR count). The Labute approximate surface area is 263 Å². The van der Waals surface area contributed by atoms with E-state index in [1.54, 1.807) is 12.4 Å². The van der Waals surface area contributed by atoms with Crippen LogP contribution in [0.3, 0.4) is 0 Å². The van der Waals surface area contributed by atoms with Gasteiger partial charge in [-0.05, 0) is 62.7 Å². The predicted octanol–water partition coefficient (Wildman–Crippen LogP) is 9.91. The Hall–Kier alpha value is -5.74. The van der Waals surface area contributed by atoms with E-state index in [2.05, 4.69) is 134 Å². The van der Waals surface area contributed by atoms with Crippen LogP contribution in [0.1, 0.15) is 25.0 Å². The van der Waals surface area contributed by atoms with Gasteiger partial charge in [0.15, 0.2) is 17.5 Å². The van der Waals surface area contributed by atoms with E-state index in [4.69, 9.17) is 15.0 Å².